The molecule has 5 rings (SSSR count). The van der Waals surface area contributed by atoms with Gasteiger partial charge >= 0.3 is 0 Å². The Bertz CT molecular complexity index is 1800. The van der Waals surface area contributed by atoms with Crippen molar-refractivity contribution in [3.05, 3.63) is 24.3 Å². The number of nitrogens with two attached hydrogens (primary N) is 4. The van der Waals surface area contributed by atoms with Crippen molar-refractivity contribution >= 4 is 82.7 Å². The SMILES string of the molecule is CC(C)CC1C(=O)N=C(N)N1c1nc(NC(=N)N)nc(Nc2ccc(Nc3nc(NC(=N)N)nc(N4C(N)=NC(=O)C4C)n3)cc2)n1. The van der Waals surface area contributed by atoms with Gasteiger partial charge in [-0.25, -0.2) is 0 Å². The van der Waals surface area contributed by atoms with Gasteiger partial charge in [0.25, 0.3) is 11.8 Å². The van der Waals surface area contributed by atoms with Gasteiger partial charge in [-0.3, -0.25) is 40.8 Å². The molecule has 2 aliphatic heterocycles. The minimum atomic E-state index is -0.751. The lowest BCUT2D eigenvalue weighted by Gasteiger charge is -2.24. The predicted octanol–water partition coefficient (Wildman–Crippen LogP) is -0.720. The molecule has 14 N–H and O–H groups in total. The van der Waals surface area contributed by atoms with Gasteiger partial charge in [0.05, 0.1) is 0 Å². The van der Waals surface area contributed by atoms with E-state index in [4.69, 9.17) is 33.8 Å². The minimum absolute atomic E-state index is 0.00534. The van der Waals surface area contributed by atoms with E-state index in [1.54, 1.807) is 31.2 Å². The van der Waals surface area contributed by atoms with Gasteiger partial charge in [0.1, 0.15) is 12.1 Å². The van der Waals surface area contributed by atoms with Crippen LogP contribution in [0.15, 0.2) is 34.3 Å². The molecule has 0 bridgehead atoms. The van der Waals surface area contributed by atoms with E-state index in [1.807, 2.05) is 13.8 Å². The highest BCUT2D eigenvalue weighted by Crippen LogP contribution is 2.27. The van der Waals surface area contributed by atoms with Gasteiger partial charge in [-0.2, -0.15) is 39.9 Å². The second-order valence-electron chi connectivity index (χ2n) is 10.6. The third-order valence-electron chi connectivity index (χ3n) is 6.55. The third kappa shape index (κ3) is 7.16. The standard InChI is InChI=1S/C25H32N20O2/c1-9(2)8-13-15(47)35-19(31)45(13)25-41-21(39-23(43-25)37-17(28)29)33-12-6-4-11(5-7-12)32-20-38-22(36-16(26)27)42-24(40-20)44-10(3)14(46)34-18(44)30/h4-7,9-10,13H,8H2,1-3H3,(H2,30,34,46)(H2,31,35,47)(H5,26,27,32,36,38,40,42)(H5,28,29,33,37,39,41,43). The van der Waals surface area contributed by atoms with E-state index >= 15 is 0 Å². The quantitative estimate of drug-likeness (QED) is 0.0960. The number of carbonyl (C=O) groups excluding carboxylic acids is 2. The summed E-state index contributed by atoms with van der Waals surface area (Å²) in [5.74, 6) is -1.68. The molecule has 0 radical (unpaired) electrons. The molecule has 2 amide bonds. The number of hydrogen-bond acceptors (Lipinski definition) is 16. The summed E-state index contributed by atoms with van der Waals surface area (Å²) in [6.45, 7) is 5.52. The Labute approximate surface area is 266 Å². The van der Waals surface area contributed by atoms with Gasteiger partial charge in [-0.15, -0.1) is 0 Å². The van der Waals surface area contributed by atoms with Crippen LogP contribution < -0.4 is 54.0 Å². The van der Waals surface area contributed by atoms with Crippen molar-refractivity contribution in [2.24, 2.45) is 38.8 Å². The molecular weight excluding hydrogens is 612 g/mol. The van der Waals surface area contributed by atoms with Crippen LogP contribution in [0.1, 0.15) is 27.2 Å². The summed E-state index contributed by atoms with van der Waals surface area (Å²) in [4.78, 5) is 60.9. The lowest BCUT2D eigenvalue weighted by atomic mass is 10.0. The zero-order valence-electron chi connectivity index (χ0n) is 25.3. The normalized spacial score (nSPS) is 17.4. The van der Waals surface area contributed by atoms with Crippen LogP contribution in [0, 0.1) is 16.7 Å². The van der Waals surface area contributed by atoms with E-state index in [2.05, 4.69) is 61.2 Å². The lowest BCUT2D eigenvalue weighted by molar-refractivity contribution is -0.119. The van der Waals surface area contributed by atoms with E-state index in [-0.39, 0.29) is 53.5 Å². The van der Waals surface area contributed by atoms with Crippen molar-refractivity contribution in [1.29, 1.82) is 10.8 Å². The average Bonchev–Trinajstić information content (AvgIpc) is 3.39. The fourth-order valence-corrected chi connectivity index (χ4v) is 4.56. The van der Waals surface area contributed by atoms with Gasteiger partial charge in [-0.05, 0) is 43.5 Å². The monoisotopic (exact) mass is 644 g/mol. The molecule has 0 aliphatic carbocycles. The summed E-state index contributed by atoms with van der Waals surface area (Å²) in [5.41, 5.74) is 24.1. The summed E-state index contributed by atoms with van der Waals surface area (Å²) >= 11 is 0. The number of hydrogen-bond donors (Lipinski definition) is 10. The Balaban J connectivity index is 1.39. The highest BCUT2D eigenvalue weighted by molar-refractivity contribution is 6.12. The van der Waals surface area contributed by atoms with E-state index in [9.17, 15) is 9.59 Å². The number of carbonyl (C=O) groups is 2. The number of anilines is 8. The zero-order chi connectivity index (χ0) is 34.0. The number of nitrogens with zero attached hydrogens (tertiary/aromatic N) is 10. The van der Waals surface area contributed by atoms with E-state index in [0.29, 0.717) is 17.8 Å². The Kier molecular flexibility index (Phi) is 8.56. The molecule has 2 unspecified atom stereocenters. The van der Waals surface area contributed by atoms with Gasteiger partial charge in [0.2, 0.25) is 47.6 Å². The first-order valence-corrected chi connectivity index (χ1v) is 14.0. The first kappa shape index (κ1) is 31.7. The van der Waals surface area contributed by atoms with E-state index in [1.165, 1.54) is 9.80 Å². The van der Waals surface area contributed by atoms with E-state index < -0.39 is 35.8 Å². The summed E-state index contributed by atoms with van der Waals surface area (Å²) in [6, 6.07) is 5.33. The fourth-order valence-electron chi connectivity index (χ4n) is 4.56. The molecule has 0 spiro atoms. The van der Waals surface area contributed by atoms with Crippen LogP contribution in [-0.2, 0) is 9.59 Å². The van der Waals surface area contributed by atoms with Crippen molar-refractivity contribution in [2.75, 3.05) is 31.1 Å². The van der Waals surface area contributed by atoms with Crippen LogP contribution >= 0.6 is 0 Å². The van der Waals surface area contributed by atoms with Crippen LogP contribution in [-0.4, -0.2) is 77.6 Å². The maximum absolute atomic E-state index is 12.6. The van der Waals surface area contributed by atoms with Crippen LogP contribution in [0.25, 0.3) is 0 Å². The fraction of sp³-hybridized carbons (Fsp3) is 0.280. The van der Waals surface area contributed by atoms with Gasteiger partial charge in [0.15, 0.2) is 11.9 Å². The molecule has 2 atom stereocenters. The predicted molar refractivity (Wildman–Crippen MR) is 175 cm³/mol. The van der Waals surface area contributed by atoms with Crippen LogP contribution in [0.5, 0.6) is 0 Å². The topological polar surface area (TPSA) is 343 Å². The molecular formula is C25H32N20O2. The molecule has 0 saturated heterocycles. The molecule has 1 aromatic carbocycles. The zero-order valence-corrected chi connectivity index (χ0v) is 25.3. The number of guanidine groups is 4. The molecule has 4 heterocycles. The number of amides is 2. The molecule has 244 valence electrons. The van der Waals surface area contributed by atoms with Crippen LogP contribution in [0.4, 0.5) is 47.1 Å². The second kappa shape index (κ2) is 12.7. The van der Waals surface area contributed by atoms with Crippen molar-refractivity contribution < 1.29 is 9.59 Å². The highest BCUT2D eigenvalue weighted by atomic mass is 16.2. The Morgan fingerprint density at radius 2 is 1.17 bits per heavy atom. The number of benzene rings is 1. The number of aromatic nitrogens is 6. The molecule has 0 saturated carbocycles. The van der Waals surface area contributed by atoms with Crippen molar-refractivity contribution in [1.82, 2.24) is 29.9 Å². The first-order valence-electron chi connectivity index (χ1n) is 14.0. The summed E-state index contributed by atoms with van der Waals surface area (Å²) in [5, 5.41) is 26.3. The lowest BCUT2D eigenvalue weighted by Crippen LogP contribution is -2.44. The molecule has 22 heteroatoms. The Hall–Kier alpha value is -6.74. The molecule has 3 aromatic rings. The summed E-state index contributed by atoms with van der Waals surface area (Å²) < 4.78 is 0. The Morgan fingerprint density at radius 1 is 0.745 bits per heavy atom. The van der Waals surface area contributed by atoms with Crippen LogP contribution in [0.3, 0.4) is 0 Å². The molecule has 22 nitrogen and oxygen atoms in total. The maximum Gasteiger partial charge on any atom is 0.272 e. The van der Waals surface area contributed by atoms with Crippen LogP contribution in [0.2, 0.25) is 0 Å². The minimum Gasteiger partial charge on any atom is -0.370 e. The van der Waals surface area contributed by atoms with Gasteiger partial charge in [-0.1, -0.05) is 13.8 Å². The summed E-state index contributed by atoms with van der Waals surface area (Å²) in [7, 11) is 0. The van der Waals surface area contributed by atoms with Gasteiger partial charge < -0.3 is 33.6 Å². The maximum atomic E-state index is 12.6. The van der Waals surface area contributed by atoms with Gasteiger partial charge in [0, 0.05) is 11.4 Å². The number of aliphatic imine (C=N–C) groups is 2. The molecule has 2 aliphatic rings. The molecule has 2 aromatic heterocycles. The largest absolute Gasteiger partial charge is 0.370 e. The first-order chi connectivity index (χ1) is 22.3. The molecule has 47 heavy (non-hydrogen) atoms. The van der Waals surface area contributed by atoms with Crippen molar-refractivity contribution in [2.45, 2.75) is 39.3 Å². The third-order valence-corrected chi connectivity index (χ3v) is 6.55. The van der Waals surface area contributed by atoms with Crippen molar-refractivity contribution in [3.8, 4) is 0 Å². The molecule has 0 fully saturated rings. The van der Waals surface area contributed by atoms with Crippen molar-refractivity contribution in [3.63, 3.8) is 0 Å². The van der Waals surface area contributed by atoms with E-state index in [0.717, 1.165) is 0 Å². The average molecular weight is 645 g/mol. The number of rotatable bonds is 10. The summed E-state index contributed by atoms with van der Waals surface area (Å²) in [6.07, 6.45) is 0.451. The highest BCUT2D eigenvalue weighted by Gasteiger charge is 2.38. The smallest absolute Gasteiger partial charge is 0.272 e. The Morgan fingerprint density at radius 3 is 1.60 bits per heavy atom. The second-order valence-corrected chi connectivity index (χ2v) is 10.6. The number of nitrogens with one attached hydrogen (secondary N) is 6.